The van der Waals surface area contributed by atoms with Gasteiger partial charge in [0.1, 0.15) is 0 Å². The van der Waals surface area contributed by atoms with Crippen molar-refractivity contribution in [2.75, 3.05) is 37.5 Å². The summed E-state index contributed by atoms with van der Waals surface area (Å²) in [5.41, 5.74) is 4.59. The largest absolute Gasteiger partial charge is 0.450 e. The highest BCUT2D eigenvalue weighted by Gasteiger charge is 2.26. The molecule has 1 aliphatic rings. The molecule has 0 aromatic heterocycles. The van der Waals surface area contributed by atoms with Gasteiger partial charge < -0.3 is 9.64 Å². The van der Waals surface area contributed by atoms with E-state index in [2.05, 4.69) is 11.4 Å². The van der Waals surface area contributed by atoms with E-state index >= 15 is 0 Å². The zero-order chi connectivity index (χ0) is 20.1. The Bertz CT molecular complexity index is 870. The monoisotopic (exact) mass is 417 g/mol. The van der Waals surface area contributed by atoms with Gasteiger partial charge >= 0.3 is 6.09 Å². The molecule has 29 heavy (non-hydrogen) atoms. The highest BCUT2D eigenvalue weighted by molar-refractivity contribution is 6.03. The number of aryl methyl sites for hydroxylation is 2. The maximum Gasteiger partial charge on any atom is 0.411 e. The van der Waals surface area contributed by atoms with Crippen LogP contribution in [0.25, 0.3) is 0 Å². The van der Waals surface area contributed by atoms with E-state index in [1.54, 1.807) is 11.8 Å². The highest BCUT2D eigenvalue weighted by atomic mass is 35.5. The van der Waals surface area contributed by atoms with E-state index in [1.807, 2.05) is 55.4 Å². The standard InChI is InChI=1S/C22H27N3O3.ClH/c1-4-28-22(27)23-18-12-11-17-10-9-16-7-5-6-8-19(16)25(20(17)15-18)21(26)13-14-24(2)3;/h5-8,11-12,15H,4,9-10,13-14H2,1-3H3,(H,23,27);1H. The van der Waals surface area contributed by atoms with Crippen molar-refractivity contribution in [3.8, 4) is 0 Å². The summed E-state index contributed by atoms with van der Waals surface area (Å²) in [5.74, 6) is 0.0394. The molecule has 0 bridgehead atoms. The lowest BCUT2D eigenvalue weighted by Crippen LogP contribution is -2.30. The molecule has 2 amide bonds. The van der Waals surface area contributed by atoms with Crippen LogP contribution in [0.2, 0.25) is 0 Å². The topological polar surface area (TPSA) is 61.9 Å². The van der Waals surface area contributed by atoms with Gasteiger partial charge in [0.15, 0.2) is 0 Å². The summed E-state index contributed by atoms with van der Waals surface area (Å²) in [6, 6.07) is 13.7. The van der Waals surface area contributed by atoms with Crippen LogP contribution in [-0.4, -0.2) is 44.1 Å². The summed E-state index contributed by atoms with van der Waals surface area (Å²) in [5, 5.41) is 2.74. The third-order valence-electron chi connectivity index (χ3n) is 4.77. The zero-order valence-electron chi connectivity index (χ0n) is 17.1. The Morgan fingerprint density at radius 1 is 1.07 bits per heavy atom. The molecule has 0 saturated carbocycles. The van der Waals surface area contributed by atoms with Crippen LogP contribution in [0.3, 0.4) is 0 Å². The minimum absolute atomic E-state index is 0. The third kappa shape index (κ3) is 5.49. The van der Waals surface area contributed by atoms with Gasteiger partial charge in [-0.25, -0.2) is 4.79 Å². The molecule has 156 valence electrons. The van der Waals surface area contributed by atoms with Gasteiger partial charge in [0.25, 0.3) is 0 Å². The molecule has 2 aromatic rings. The van der Waals surface area contributed by atoms with Gasteiger partial charge in [0.05, 0.1) is 18.0 Å². The van der Waals surface area contributed by atoms with Crippen LogP contribution in [-0.2, 0) is 22.4 Å². The first-order valence-corrected chi connectivity index (χ1v) is 9.62. The van der Waals surface area contributed by atoms with Crippen molar-refractivity contribution in [3.63, 3.8) is 0 Å². The second-order valence-corrected chi connectivity index (χ2v) is 7.10. The number of carbonyl (C=O) groups is 2. The number of ether oxygens (including phenoxy) is 1. The van der Waals surface area contributed by atoms with E-state index in [0.717, 1.165) is 35.3 Å². The number of hydrogen-bond acceptors (Lipinski definition) is 4. The average molecular weight is 418 g/mol. The van der Waals surface area contributed by atoms with Crippen molar-refractivity contribution in [2.45, 2.75) is 26.2 Å². The van der Waals surface area contributed by atoms with Crippen LogP contribution < -0.4 is 10.2 Å². The summed E-state index contributed by atoms with van der Waals surface area (Å²) in [4.78, 5) is 28.8. The Labute approximate surface area is 178 Å². The van der Waals surface area contributed by atoms with Gasteiger partial charge in [0.2, 0.25) is 5.91 Å². The number of carbonyl (C=O) groups excluding carboxylic acids is 2. The zero-order valence-corrected chi connectivity index (χ0v) is 17.9. The molecule has 1 N–H and O–H groups in total. The lowest BCUT2D eigenvalue weighted by atomic mass is 10.0. The normalized spacial score (nSPS) is 12.3. The van der Waals surface area contributed by atoms with Gasteiger partial charge in [-0.05, 0) is 63.2 Å². The Morgan fingerprint density at radius 3 is 2.45 bits per heavy atom. The number of nitrogens with one attached hydrogen (secondary N) is 1. The third-order valence-corrected chi connectivity index (χ3v) is 4.77. The number of benzene rings is 2. The first-order valence-electron chi connectivity index (χ1n) is 9.62. The molecule has 2 aromatic carbocycles. The van der Waals surface area contributed by atoms with E-state index in [9.17, 15) is 9.59 Å². The quantitative estimate of drug-likeness (QED) is 0.783. The van der Waals surface area contributed by atoms with E-state index in [-0.39, 0.29) is 18.3 Å². The molecule has 0 atom stereocenters. The molecular formula is C22H28ClN3O3. The minimum atomic E-state index is -0.498. The molecule has 3 rings (SSSR count). The van der Waals surface area contributed by atoms with Crippen LogP contribution in [0.5, 0.6) is 0 Å². The first-order chi connectivity index (χ1) is 13.5. The molecule has 0 spiro atoms. The molecule has 0 fully saturated rings. The van der Waals surface area contributed by atoms with Crippen LogP contribution in [0.15, 0.2) is 42.5 Å². The highest BCUT2D eigenvalue weighted by Crippen LogP contribution is 2.38. The number of nitrogens with zero attached hydrogens (tertiary/aromatic N) is 2. The average Bonchev–Trinajstić information content (AvgIpc) is 2.83. The van der Waals surface area contributed by atoms with Gasteiger partial charge in [-0.1, -0.05) is 24.3 Å². The second kappa shape index (κ2) is 10.3. The lowest BCUT2D eigenvalue weighted by molar-refractivity contribution is -0.118. The van der Waals surface area contributed by atoms with Crippen molar-refractivity contribution in [1.29, 1.82) is 0 Å². The Balaban J connectivity index is 0.00000300. The van der Waals surface area contributed by atoms with Crippen LogP contribution in [0, 0.1) is 0 Å². The van der Waals surface area contributed by atoms with Crippen LogP contribution in [0.4, 0.5) is 21.9 Å². The lowest BCUT2D eigenvalue weighted by Gasteiger charge is -2.26. The summed E-state index contributed by atoms with van der Waals surface area (Å²) in [6.45, 7) is 2.74. The number of anilines is 3. The number of halogens is 1. The van der Waals surface area contributed by atoms with Crippen molar-refractivity contribution in [2.24, 2.45) is 0 Å². The van der Waals surface area contributed by atoms with E-state index in [0.29, 0.717) is 25.3 Å². The molecule has 0 aliphatic carbocycles. The van der Waals surface area contributed by atoms with Crippen LogP contribution in [0.1, 0.15) is 24.5 Å². The smallest absolute Gasteiger partial charge is 0.411 e. The van der Waals surface area contributed by atoms with Gasteiger partial charge in [-0.15, -0.1) is 12.4 Å². The molecule has 0 unspecified atom stereocenters. The number of hydrogen-bond donors (Lipinski definition) is 1. The van der Waals surface area contributed by atoms with Gasteiger partial charge in [-0.3, -0.25) is 15.0 Å². The van der Waals surface area contributed by atoms with Gasteiger partial charge in [0, 0.05) is 18.7 Å². The fourth-order valence-electron chi connectivity index (χ4n) is 3.39. The summed E-state index contributed by atoms with van der Waals surface area (Å²) in [7, 11) is 3.91. The minimum Gasteiger partial charge on any atom is -0.450 e. The maximum atomic E-state index is 13.2. The Hall–Kier alpha value is -2.57. The number of fused-ring (bicyclic) bond motifs is 2. The predicted octanol–water partition coefficient (Wildman–Crippen LogP) is 4.39. The molecule has 1 aliphatic heterocycles. The maximum absolute atomic E-state index is 13.2. The molecule has 1 heterocycles. The van der Waals surface area contributed by atoms with Crippen molar-refractivity contribution < 1.29 is 14.3 Å². The van der Waals surface area contributed by atoms with Crippen LogP contribution >= 0.6 is 12.4 Å². The first kappa shape index (κ1) is 22.7. The number of rotatable bonds is 5. The molecule has 7 heteroatoms. The second-order valence-electron chi connectivity index (χ2n) is 7.10. The molecule has 6 nitrogen and oxygen atoms in total. The predicted molar refractivity (Wildman–Crippen MR) is 119 cm³/mol. The fourth-order valence-corrected chi connectivity index (χ4v) is 3.39. The molecule has 0 radical (unpaired) electrons. The number of amides is 2. The molecule has 0 saturated heterocycles. The Kier molecular flexibility index (Phi) is 8.05. The van der Waals surface area contributed by atoms with E-state index in [1.165, 1.54) is 0 Å². The SMILES string of the molecule is CCOC(=O)Nc1ccc2c(c1)N(C(=O)CCN(C)C)c1ccccc1CC2.Cl. The summed E-state index contributed by atoms with van der Waals surface area (Å²) >= 11 is 0. The van der Waals surface area contributed by atoms with Crippen molar-refractivity contribution in [3.05, 3.63) is 53.6 Å². The Morgan fingerprint density at radius 2 is 1.76 bits per heavy atom. The fraction of sp³-hybridized carbons (Fsp3) is 0.364. The van der Waals surface area contributed by atoms with E-state index in [4.69, 9.17) is 4.74 Å². The number of para-hydroxylation sites is 1. The van der Waals surface area contributed by atoms with Crippen molar-refractivity contribution in [1.82, 2.24) is 4.90 Å². The molecular weight excluding hydrogens is 390 g/mol. The van der Waals surface area contributed by atoms with E-state index < -0.39 is 6.09 Å². The van der Waals surface area contributed by atoms with Gasteiger partial charge in [-0.2, -0.15) is 0 Å². The summed E-state index contributed by atoms with van der Waals surface area (Å²) in [6.07, 6.45) is 1.62. The summed E-state index contributed by atoms with van der Waals surface area (Å²) < 4.78 is 4.97. The van der Waals surface area contributed by atoms with Crippen molar-refractivity contribution >= 4 is 41.5 Å².